The van der Waals surface area contributed by atoms with Gasteiger partial charge in [0.15, 0.2) is 0 Å². The summed E-state index contributed by atoms with van der Waals surface area (Å²) in [6.07, 6.45) is 8.61. The molecule has 5 nitrogen and oxygen atoms in total. The van der Waals surface area contributed by atoms with E-state index in [9.17, 15) is 14.7 Å². The molecule has 2 fully saturated rings. The fourth-order valence-electron chi connectivity index (χ4n) is 3.21. The van der Waals surface area contributed by atoms with Gasteiger partial charge < -0.3 is 15.3 Å². The lowest BCUT2D eigenvalue weighted by Crippen LogP contribution is -2.49. The molecule has 0 aliphatic heterocycles. The van der Waals surface area contributed by atoms with E-state index in [4.69, 9.17) is 0 Å². The maximum absolute atomic E-state index is 12.4. The second-order valence-corrected chi connectivity index (χ2v) is 6.58. The van der Waals surface area contributed by atoms with Crippen LogP contribution in [-0.4, -0.2) is 41.1 Å². The number of carbonyl (C=O) groups is 2. The number of unbranched alkanes of at least 4 members (excludes halogenated alkanes) is 1. The third-order valence-electron chi connectivity index (χ3n) is 4.84. The van der Waals surface area contributed by atoms with Crippen molar-refractivity contribution in [1.29, 1.82) is 0 Å². The Balaban J connectivity index is 1.89. The fraction of sp³-hybridized carbons (Fsp3) is 0.875. The van der Waals surface area contributed by atoms with Gasteiger partial charge in [0.05, 0.1) is 5.41 Å². The molecule has 2 amide bonds. The summed E-state index contributed by atoms with van der Waals surface area (Å²) in [5.41, 5.74) is -0.742. The number of aliphatic carboxylic acids is 1. The lowest BCUT2D eigenvalue weighted by Gasteiger charge is -2.34. The van der Waals surface area contributed by atoms with Crippen LogP contribution in [0.15, 0.2) is 0 Å². The van der Waals surface area contributed by atoms with Crippen molar-refractivity contribution >= 4 is 12.0 Å². The molecule has 2 N–H and O–H groups in total. The largest absolute Gasteiger partial charge is 0.481 e. The predicted molar refractivity (Wildman–Crippen MR) is 81.2 cm³/mol. The maximum atomic E-state index is 12.4. The van der Waals surface area contributed by atoms with E-state index in [2.05, 4.69) is 12.2 Å². The van der Waals surface area contributed by atoms with Gasteiger partial charge in [0, 0.05) is 19.1 Å². The van der Waals surface area contributed by atoms with Gasteiger partial charge in [0.25, 0.3) is 0 Å². The van der Waals surface area contributed by atoms with E-state index in [0.29, 0.717) is 18.9 Å². The van der Waals surface area contributed by atoms with Crippen LogP contribution in [-0.2, 0) is 4.79 Å². The van der Waals surface area contributed by atoms with Crippen molar-refractivity contribution in [2.75, 3.05) is 13.1 Å². The average molecular weight is 296 g/mol. The summed E-state index contributed by atoms with van der Waals surface area (Å²) < 4.78 is 0. The van der Waals surface area contributed by atoms with Crippen molar-refractivity contribution in [2.24, 2.45) is 5.41 Å². The number of hydrogen-bond acceptors (Lipinski definition) is 2. The van der Waals surface area contributed by atoms with Crippen LogP contribution in [0.1, 0.15) is 64.7 Å². The molecule has 0 bridgehead atoms. The minimum absolute atomic E-state index is 0.0721. The number of nitrogens with one attached hydrogen (secondary N) is 1. The first-order valence-electron chi connectivity index (χ1n) is 8.37. The molecule has 0 saturated heterocycles. The fourth-order valence-corrected chi connectivity index (χ4v) is 3.21. The molecule has 2 rings (SSSR count). The molecule has 120 valence electrons. The van der Waals surface area contributed by atoms with E-state index in [1.54, 1.807) is 0 Å². The minimum atomic E-state index is -0.756. The summed E-state index contributed by atoms with van der Waals surface area (Å²) in [6, 6.07) is 0.306. The second-order valence-electron chi connectivity index (χ2n) is 6.58. The number of amides is 2. The van der Waals surface area contributed by atoms with E-state index < -0.39 is 11.4 Å². The lowest BCUT2D eigenvalue weighted by molar-refractivity contribution is -0.150. The molecule has 2 aliphatic carbocycles. The van der Waals surface area contributed by atoms with Gasteiger partial charge in [-0.05, 0) is 32.1 Å². The van der Waals surface area contributed by atoms with Crippen molar-refractivity contribution in [2.45, 2.75) is 70.8 Å². The summed E-state index contributed by atoms with van der Waals surface area (Å²) in [7, 11) is 0. The van der Waals surface area contributed by atoms with Gasteiger partial charge in [-0.25, -0.2) is 4.79 Å². The van der Waals surface area contributed by atoms with Gasteiger partial charge in [-0.1, -0.05) is 32.6 Å². The Morgan fingerprint density at radius 3 is 2.43 bits per heavy atom. The molecule has 5 heteroatoms. The SMILES string of the molecule is CCCCN(C(=O)NCC1(C(=O)O)CCCCC1)C1CC1. The van der Waals surface area contributed by atoms with E-state index in [-0.39, 0.29) is 12.6 Å². The van der Waals surface area contributed by atoms with Gasteiger partial charge in [0.2, 0.25) is 0 Å². The van der Waals surface area contributed by atoms with Crippen LogP contribution in [0.25, 0.3) is 0 Å². The molecule has 0 radical (unpaired) electrons. The second kappa shape index (κ2) is 7.14. The number of nitrogens with zero attached hydrogens (tertiary/aromatic N) is 1. The predicted octanol–water partition coefficient (Wildman–Crippen LogP) is 3.00. The maximum Gasteiger partial charge on any atom is 0.317 e. The molecule has 0 aromatic rings. The first-order chi connectivity index (χ1) is 10.1. The zero-order valence-electron chi connectivity index (χ0n) is 13.1. The minimum Gasteiger partial charge on any atom is -0.481 e. The Hall–Kier alpha value is -1.26. The third-order valence-corrected chi connectivity index (χ3v) is 4.84. The molecule has 0 spiro atoms. The van der Waals surface area contributed by atoms with Crippen molar-refractivity contribution in [3.8, 4) is 0 Å². The third kappa shape index (κ3) is 4.11. The smallest absolute Gasteiger partial charge is 0.317 e. The highest BCUT2D eigenvalue weighted by atomic mass is 16.4. The topological polar surface area (TPSA) is 69.6 Å². The number of carboxylic acid groups (broad SMARTS) is 1. The number of carbonyl (C=O) groups excluding carboxylic acids is 1. The molecule has 2 saturated carbocycles. The highest BCUT2D eigenvalue weighted by Gasteiger charge is 2.40. The molecule has 0 aromatic heterocycles. The van der Waals surface area contributed by atoms with E-state index in [1.165, 1.54) is 0 Å². The summed E-state index contributed by atoms with van der Waals surface area (Å²) in [5, 5.41) is 12.4. The van der Waals surface area contributed by atoms with Gasteiger partial charge in [-0.2, -0.15) is 0 Å². The molecule has 0 unspecified atom stereocenters. The van der Waals surface area contributed by atoms with Crippen LogP contribution in [0.2, 0.25) is 0 Å². The summed E-state index contributed by atoms with van der Waals surface area (Å²) in [4.78, 5) is 25.9. The number of hydrogen-bond donors (Lipinski definition) is 2. The van der Waals surface area contributed by atoms with Gasteiger partial charge in [-0.3, -0.25) is 4.79 Å². The summed E-state index contributed by atoms with van der Waals surface area (Å²) >= 11 is 0. The monoisotopic (exact) mass is 296 g/mol. The number of urea groups is 1. The van der Waals surface area contributed by atoms with Gasteiger partial charge in [-0.15, -0.1) is 0 Å². The Labute approximate surface area is 127 Å². The van der Waals surface area contributed by atoms with Crippen LogP contribution in [0.3, 0.4) is 0 Å². The van der Waals surface area contributed by atoms with Crippen LogP contribution in [0, 0.1) is 5.41 Å². The van der Waals surface area contributed by atoms with Gasteiger partial charge >= 0.3 is 12.0 Å². The standard InChI is InChI=1S/C16H28N2O3/c1-2-3-11-18(13-7-8-13)15(21)17-12-16(14(19)20)9-5-4-6-10-16/h13H,2-12H2,1H3,(H,17,21)(H,19,20). The van der Waals surface area contributed by atoms with E-state index in [0.717, 1.165) is 51.5 Å². The highest BCUT2D eigenvalue weighted by Crippen LogP contribution is 2.36. The Kier molecular flexibility index (Phi) is 5.48. The molecule has 2 aliphatic rings. The first-order valence-corrected chi connectivity index (χ1v) is 8.37. The van der Waals surface area contributed by atoms with Crippen LogP contribution in [0.4, 0.5) is 4.79 Å². The van der Waals surface area contributed by atoms with E-state index in [1.807, 2.05) is 4.90 Å². The zero-order valence-corrected chi connectivity index (χ0v) is 13.1. The van der Waals surface area contributed by atoms with Crippen molar-refractivity contribution < 1.29 is 14.7 Å². The molecular formula is C16H28N2O3. The van der Waals surface area contributed by atoms with E-state index >= 15 is 0 Å². The average Bonchev–Trinajstić information content (AvgIpc) is 3.31. The summed E-state index contributed by atoms with van der Waals surface area (Å²) in [6.45, 7) is 3.17. The highest BCUT2D eigenvalue weighted by molar-refractivity contribution is 5.78. The molecule has 0 aromatic carbocycles. The number of rotatable bonds is 7. The Bertz CT molecular complexity index is 374. The van der Waals surface area contributed by atoms with Crippen LogP contribution >= 0.6 is 0 Å². The zero-order chi connectivity index (χ0) is 15.3. The Morgan fingerprint density at radius 1 is 1.24 bits per heavy atom. The van der Waals surface area contributed by atoms with Crippen molar-refractivity contribution in [3.63, 3.8) is 0 Å². The molecule has 21 heavy (non-hydrogen) atoms. The molecular weight excluding hydrogens is 268 g/mol. The summed E-state index contributed by atoms with van der Waals surface area (Å²) in [5.74, 6) is -0.756. The normalized spacial score (nSPS) is 20.8. The van der Waals surface area contributed by atoms with Crippen LogP contribution < -0.4 is 5.32 Å². The van der Waals surface area contributed by atoms with Gasteiger partial charge in [0.1, 0.15) is 0 Å². The lowest BCUT2D eigenvalue weighted by atomic mass is 9.74. The molecule has 0 atom stereocenters. The molecule has 0 heterocycles. The van der Waals surface area contributed by atoms with Crippen molar-refractivity contribution in [1.82, 2.24) is 10.2 Å². The number of carboxylic acids is 1. The quantitative estimate of drug-likeness (QED) is 0.758. The Morgan fingerprint density at radius 2 is 1.90 bits per heavy atom. The van der Waals surface area contributed by atoms with Crippen LogP contribution in [0.5, 0.6) is 0 Å². The van der Waals surface area contributed by atoms with Crippen molar-refractivity contribution in [3.05, 3.63) is 0 Å². The first kappa shape index (κ1) is 16.1.